The predicted octanol–water partition coefficient (Wildman–Crippen LogP) is 1.05. The lowest BCUT2D eigenvalue weighted by atomic mass is 9.86. The summed E-state index contributed by atoms with van der Waals surface area (Å²) in [7, 11) is -3.48. The van der Waals surface area contributed by atoms with Crippen LogP contribution < -0.4 is 5.32 Å². The van der Waals surface area contributed by atoms with Crippen LogP contribution in [0.3, 0.4) is 0 Å². The van der Waals surface area contributed by atoms with Crippen molar-refractivity contribution in [3.63, 3.8) is 0 Å². The van der Waals surface area contributed by atoms with Gasteiger partial charge >= 0.3 is 0 Å². The Morgan fingerprint density at radius 2 is 2.15 bits per heavy atom. The van der Waals surface area contributed by atoms with Gasteiger partial charge in [0.25, 0.3) is 0 Å². The first-order valence-electron chi connectivity index (χ1n) is 7.16. The quantitative estimate of drug-likeness (QED) is 0.883. The smallest absolute Gasteiger partial charge is 0.248 e. The fourth-order valence-electron chi connectivity index (χ4n) is 3.40. The summed E-state index contributed by atoms with van der Waals surface area (Å²) in [4.78, 5) is 0.250. The molecule has 2 atom stereocenters. The molecular weight excluding hydrogens is 278 g/mol. The van der Waals surface area contributed by atoms with E-state index in [9.17, 15) is 8.42 Å². The van der Waals surface area contributed by atoms with Crippen molar-refractivity contribution in [2.45, 2.75) is 44.0 Å². The number of rotatable bonds is 2. The molecule has 2 aliphatic rings. The SMILES string of the molecule is Cc1noc(C)c1S(=O)(=O)N1CC[C@@H]2NCCC[C@@H]2C1. The third kappa shape index (κ3) is 2.27. The van der Waals surface area contributed by atoms with Crippen molar-refractivity contribution >= 4 is 10.0 Å². The van der Waals surface area contributed by atoms with E-state index in [1.54, 1.807) is 18.2 Å². The van der Waals surface area contributed by atoms with Gasteiger partial charge < -0.3 is 9.84 Å². The molecule has 0 aliphatic carbocycles. The first-order valence-corrected chi connectivity index (χ1v) is 8.60. The zero-order valence-electron chi connectivity index (χ0n) is 11.9. The van der Waals surface area contributed by atoms with Crippen LogP contribution in [0.2, 0.25) is 0 Å². The molecule has 0 aromatic carbocycles. The fraction of sp³-hybridized carbons (Fsp3) is 0.769. The van der Waals surface area contributed by atoms with Crippen LogP contribution in [-0.2, 0) is 10.0 Å². The largest absolute Gasteiger partial charge is 0.360 e. The second kappa shape index (κ2) is 5.13. The van der Waals surface area contributed by atoms with Gasteiger partial charge in [-0.2, -0.15) is 4.31 Å². The van der Waals surface area contributed by atoms with Crippen LogP contribution in [0, 0.1) is 19.8 Å². The molecule has 3 rings (SSSR count). The number of nitrogens with zero attached hydrogens (tertiary/aromatic N) is 2. The van der Waals surface area contributed by atoms with Crippen LogP contribution in [0.5, 0.6) is 0 Å². The number of sulfonamides is 1. The summed E-state index contributed by atoms with van der Waals surface area (Å²) in [5, 5.41) is 7.26. The van der Waals surface area contributed by atoms with Crippen LogP contribution in [-0.4, -0.2) is 43.6 Å². The van der Waals surface area contributed by atoms with Crippen molar-refractivity contribution in [1.29, 1.82) is 0 Å². The van der Waals surface area contributed by atoms with Gasteiger partial charge in [-0.15, -0.1) is 0 Å². The fourth-order valence-corrected chi connectivity index (χ4v) is 5.20. The third-order valence-electron chi connectivity index (χ3n) is 4.42. The van der Waals surface area contributed by atoms with Crippen molar-refractivity contribution in [2.24, 2.45) is 5.92 Å². The van der Waals surface area contributed by atoms with E-state index in [4.69, 9.17) is 4.52 Å². The van der Waals surface area contributed by atoms with E-state index in [1.165, 1.54) is 0 Å². The van der Waals surface area contributed by atoms with Gasteiger partial charge in [0.1, 0.15) is 10.6 Å². The molecule has 2 saturated heterocycles. The van der Waals surface area contributed by atoms with Gasteiger partial charge in [-0.25, -0.2) is 8.42 Å². The topological polar surface area (TPSA) is 75.4 Å². The minimum absolute atomic E-state index is 0.250. The molecule has 20 heavy (non-hydrogen) atoms. The molecule has 112 valence electrons. The number of nitrogens with one attached hydrogen (secondary N) is 1. The molecular formula is C13H21N3O3S. The summed E-state index contributed by atoms with van der Waals surface area (Å²) < 4.78 is 32.2. The molecule has 0 radical (unpaired) electrons. The second-order valence-electron chi connectivity index (χ2n) is 5.77. The van der Waals surface area contributed by atoms with Crippen LogP contribution in [0.1, 0.15) is 30.7 Å². The number of aromatic nitrogens is 1. The summed E-state index contributed by atoms with van der Waals surface area (Å²) in [5.41, 5.74) is 0.450. The Bertz CT molecular complexity index is 577. The van der Waals surface area contributed by atoms with Crippen molar-refractivity contribution in [1.82, 2.24) is 14.8 Å². The maximum absolute atomic E-state index is 12.8. The molecule has 0 spiro atoms. The summed E-state index contributed by atoms with van der Waals surface area (Å²) in [6.45, 7) is 5.56. The van der Waals surface area contributed by atoms with Crippen molar-refractivity contribution < 1.29 is 12.9 Å². The molecule has 1 aromatic heterocycles. The molecule has 1 N–H and O–H groups in total. The highest BCUT2D eigenvalue weighted by Gasteiger charge is 2.38. The Morgan fingerprint density at radius 1 is 1.35 bits per heavy atom. The van der Waals surface area contributed by atoms with E-state index < -0.39 is 10.0 Å². The molecule has 0 bridgehead atoms. The first kappa shape index (κ1) is 14.0. The highest BCUT2D eigenvalue weighted by atomic mass is 32.2. The summed E-state index contributed by atoms with van der Waals surface area (Å²) in [6, 6.07) is 0.472. The molecule has 7 heteroatoms. The van der Waals surface area contributed by atoms with Gasteiger partial charge in [-0.1, -0.05) is 5.16 Å². The molecule has 6 nitrogen and oxygen atoms in total. The van der Waals surface area contributed by atoms with Gasteiger partial charge in [0.15, 0.2) is 5.76 Å². The highest BCUT2D eigenvalue weighted by Crippen LogP contribution is 2.30. The maximum atomic E-state index is 12.8. The Kier molecular flexibility index (Phi) is 3.60. The molecule has 0 unspecified atom stereocenters. The normalized spacial score (nSPS) is 28.3. The van der Waals surface area contributed by atoms with Gasteiger partial charge in [0, 0.05) is 19.1 Å². The molecule has 0 saturated carbocycles. The lowest BCUT2D eigenvalue weighted by molar-refractivity contribution is 0.170. The number of piperidine rings is 2. The maximum Gasteiger partial charge on any atom is 0.248 e. The van der Waals surface area contributed by atoms with Crippen molar-refractivity contribution in [3.8, 4) is 0 Å². The lowest BCUT2D eigenvalue weighted by Crippen LogP contribution is -2.53. The number of fused-ring (bicyclic) bond motifs is 1. The Hall–Kier alpha value is -0.920. The van der Waals surface area contributed by atoms with Crippen LogP contribution in [0.25, 0.3) is 0 Å². The van der Waals surface area contributed by atoms with E-state index >= 15 is 0 Å². The van der Waals surface area contributed by atoms with E-state index in [2.05, 4.69) is 10.5 Å². The highest BCUT2D eigenvalue weighted by molar-refractivity contribution is 7.89. The van der Waals surface area contributed by atoms with E-state index in [-0.39, 0.29) is 4.90 Å². The number of hydrogen-bond acceptors (Lipinski definition) is 5. The Labute approximate surface area is 119 Å². The zero-order valence-corrected chi connectivity index (χ0v) is 12.7. The summed E-state index contributed by atoms with van der Waals surface area (Å²) in [5.74, 6) is 0.805. The Balaban J connectivity index is 1.85. The average molecular weight is 299 g/mol. The van der Waals surface area contributed by atoms with Gasteiger partial charge in [-0.3, -0.25) is 0 Å². The molecule has 2 aliphatic heterocycles. The zero-order chi connectivity index (χ0) is 14.3. The average Bonchev–Trinajstić information content (AvgIpc) is 2.78. The number of hydrogen-bond donors (Lipinski definition) is 1. The lowest BCUT2D eigenvalue weighted by Gasteiger charge is -2.41. The molecule has 0 amide bonds. The van der Waals surface area contributed by atoms with Crippen molar-refractivity contribution in [2.75, 3.05) is 19.6 Å². The van der Waals surface area contributed by atoms with E-state index in [1.807, 2.05) is 0 Å². The number of aryl methyl sites for hydroxylation is 2. The molecule has 3 heterocycles. The standard InChI is InChI=1S/C13H21N3O3S/c1-9-13(10(2)19-15-9)20(17,18)16-7-5-12-11(8-16)4-3-6-14-12/h11-12,14H,3-8H2,1-2H3/t11-,12+/m1/s1. The van der Waals surface area contributed by atoms with E-state index in [0.717, 1.165) is 25.8 Å². The summed E-state index contributed by atoms with van der Waals surface area (Å²) >= 11 is 0. The minimum atomic E-state index is -3.48. The second-order valence-corrected chi connectivity index (χ2v) is 7.64. The van der Waals surface area contributed by atoms with Crippen LogP contribution >= 0.6 is 0 Å². The third-order valence-corrected chi connectivity index (χ3v) is 6.53. The van der Waals surface area contributed by atoms with Crippen LogP contribution in [0.4, 0.5) is 0 Å². The molecule has 2 fully saturated rings. The summed E-state index contributed by atoms with van der Waals surface area (Å²) in [6.07, 6.45) is 3.11. The van der Waals surface area contributed by atoms with E-state index in [0.29, 0.717) is 36.5 Å². The van der Waals surface area contributed by atoms with Gasteiger partial charge in [-0.05, 0) is 45.6 Å². The van der Waals surface area contributed by atoms with Crippen LogP contribution in [0.15, 0.2) is 9.42 Å². The minimum Gasteiger partial charge on any atom is -0.360 e. The van der Waals surface area contributed by atoms with Gasteiger partial charge in [0.2, 0.25) is 10.0 Å². The van der Waals surface area contributed by atoms with Crippen molar-refractivity contribution in [3.05, 3.63) is 11.5 Å². The monoisotopic (exact) mass is 299 g/mol. The molecule has 1 aromatic rings. The predicted molar refractivity (Wildman–Crippen MR) is 73.9 cm³/mol. The van der Waals surface area contributed by atoms with Gasteiger partial charge in [0.05, 0.1) is 0 Å². The Morgan fingerprint density at radius 3 is 2.85 bits per heavy atom. The first-order chi connectivity index (χ1) is 9.50.